The van der Waals surface area contributed by atoms with Gasteiger partial charge in [-0.15, -0.1) is 0 Å². The number of aliphatic hydroxyl groups is 1. The van der Waals surface area contributed by atoms with Crippen molar-refractivity contribution in [2.45, 2.75) is 37.8 Å². The van der Waals surface area contributed by atoms with Gasteiger partial charge in [0.2, 0.25) is 5.91 Å². The van der Waals surface area contributed by atoms with Crippen LogP contribution in [0.3, 0.4) is 0 Å². The van der Waals surface area contributed by atoms with Crippen LogP contribution in [0.4, 0.5) is 0 Å². The molecule has 0 saturated heterocycles. The van der Waals surface area contributed by atoms with Gasteiger partial charge in [0.25, 0.3) is 0 Å². The van der Waals surface area contributed by atoms with Gasteiger partial charge in [-0.25, -0.2) is 0 Å². The van der Waals surface area contributed by atoms with Crippen LogP contribution in [0.25, 0.3) is 0 Å². The van der Waals surface area contributed by atoms with E-state index in [1.54, 1.807) is 0 Å². The van der Waals surface area contributed by atoms with Gasteiger partial charge in [0.15, 0.2) is 0 Å². The standard InChI is InChI=1S/C9H18N2O2/c1-10-4-2-3-9(13)11-7-5-8(12)6-7/h7-8,10,12H,2-6H2,1H3,(H,11,13). The van der Waals surface area contributed by atoms with E-state index in [0.29, 0.717) is 6.42 Å². The lowest BCUT2D eigenvalue weighted by Gasteiger charge is -2.31. The van der Waals surface area contributed by atoms with Crippen molar-refractivity contribution in [3.05, 3.63) is 0 Å². The molecule has 0 unspecified atom stereocenters. The molecule has 1 amide bonds. The molecule has 4 heteroatoms. The van der Waals surface area contributed by atoms with Crippen LogP contribution in [0.15, 0.2) is 0 Å². The molecule has 3 N–H and O–H groups in total. The molecular weight excluding hydrogens is 168 g/mol. The Hall–Kier alpha value is -0.610. The molecule has 1 aliphatic rings. The SMILES string of the molecule is CNCCCC(=O)NC1CC(O)C1. The molecule has 4 nitrogen and oxygen atoms in total. The Morgan fingerprint density at radius 2 is 2.23 bits per heavy atom. The predicted molar refractivity (Wildman–Crippen MR) is 50.3 cm³/mol. The van der Waals surface area contributed by atoms with Gasteiger partial charge in [0.1, 0.15) is 0 Å². The Morgan fingerprint density at radius 1 is 1.54 bits per heavy atom. The summed E-state index contributed by atoms with van der Waals surface area (Å²) in [5.74, 6) is 0.104. The van der Waals surface area contributed by atoms with Gasteiger partial charge in [-0.3, -0.25) is 4.79 Å². The minimum absolute atomic E-state index is 0.104. The molecule has 0 aliphatic heterocycles. The second kappa shape index (κ2) is 5.19. The summed E-state index contributed by atoms with van der Waals surface area (Å²) in [5, 5.41) is 14.9. The summed E-state index contributed by atoms with van der Waals surface area (Å²) in [6.45, 7) is 0.876. The normalized spacial score (nSPS) is 26.6. The van der Waals surface area contributed by atoms with Crippen LogP contribution in [0.2, 0.25) is 0 Å². The molecule has 13 heavy (non-hydrogen) atoms. The van der Waals surface area contributed by atoms with E-state index >= 15 is 0 Å². The monoisotopic (exact) mass is 186 g/mol. The van der Waals surface area contributed by atoms with Crippen LogP contribution in [-0.2, 0) is 4.79 Å². The van der Waals surface area contributed by atoms with Gasteiger partial charge in [-0.2, -0.15) is 0 Å². The molecular formula is C9H18N2O2. The second-order valence-electron chi connectivity index (χ2n) is 3.60. The van der Waals surface area contributed by atoms with E-state index < -0.39 is 0 Å². The summed E-state index contributed by atoms with van der Waals surface area (Å²) in [5.41, 5.74) is 0. The lowest BCUT2D eigenvalue weighted by atomic mass is 9.89. The van der Waals surface area contributed by atoms with Crippen LogP contribution in [0.5, 0.6) is 0 Å². The highest BCUT2D eigenvalue weighted by atomic mass is 16.3. The third-order valence-corrected chi connectivity index (χ3v) is 2.31. The zero-order valence-electron chi connectivity index (χ0n) is 8.05. The maximum absolute atomic E-state index is 11.2. The highest BCUT2D eigenvalue weighted by Gasteiger charge is 2.27. The molecule has 1 fully saturated rings. The lowest BCUT2D eigenvalue weighted by molar-refractivity contribution is -0.123. The first kappa shape index (κ1) is 10.5. The van der Waals surface area contributed by atoms with Crippen molar-refractivity contribution in [2.75, 3.05) is 13.6 Å². The maximum Gasteiger partial charge on any atom is 0.220 e. The molecule has 0 aromatic rings. The molecule has 0 atom stereocenters. The number of carbonyl (C=O) groups excluding carboxylic acids is 1. The Morgan fingerprint density at radius 3 is 2.77 bits per heavy atom. The fourth-order valence-electron chi connectivity index (χ4n) is 1.43. The largest absolute Gasteiger partial charge is 0.393 e. The predicted octanol–water partition coefficient (Wildman–Crippen LogP) is -0.374. The van der Waals surface area contributed by atoms with Crippen LogP contribution in [0.1, 0.15) is 25.7 Å². The lowest BCUT2D eigenvalue weighted by Crippen LogP contribution is -2.46. The zero-order chi connectivity index (χ0) is 9.68. The number of hydrogen-bond acceptors (Lipinski definition) is 3. The van der Waals surface area contributed by atoms with Crippen molar-refractivity contribution in [1.82, 2.24) is 10.6 Å². The highest BCUT2D eigenvalue weighted by molar-refractivity contribution is 5.76. The summed E-state index contributed by atoms with van der Waals surface area (Å²) < 4.78 is 0. The van der Waals surface area contributed by atoms with Gasteiger partial charge in [-0.05, 0) is 32.9 Å². The summed E-state index contributed by atoms with van der Waals surface area (Å²) in [4.78, 5) is 11.2. The molecule has 0 aromatic carbocycles. The number of carbonyl (C=O) groups is 1. The fraction of sp³-hybridized carbons (Fsp3) is 0.889. The van der Waals surface area contributed by atoms with E-state index in [2.05, 4.69) is 10.6 Å². The Balaban J connectivity index is 1.98. The van der Waals surface area contributed by atoms with E-state index in [4.69, 9.17) is 5.11 Å². The van der Waals surface area contributed by atoms with Gasteiger partial charge in [0.05, 0.1) is 6.10 Å². The van der Waals surface area contributed by atoms with Crippen molar-refractivity contribution >= 4 is 5.91 Å². The van der Waals surface area contributed by atoms with E-state index in [0.717, 1.165) is 25.8 Å². The molecule has 0 aromatic heterocycles. The maximum atomic E-state index is 11.2. The zero-order valence-corrected chi connectivity index (χ0v) is 8.05. The third-order valence-electron chi connectivity index (χ3n) is 2.31. The average Bonchev–Trinajstić information content (AvgIpc) is 2.02. The van der Waals surface area contributed by atoms with Crippen molar-refractivity contribution in [3.8, 4) is 0 Å². The topological polar surface area (TPSA) is 61.4 Å². The quantitative estimate of drug-likeness (QED) is 0.513. The number of rotatable bonds is 5. The van der Waals surface area contributed by atoms with Crippen molar-refractivity contribution in [2.24, 2.45) is 0 Å². The summed E-state index contributed by atoms with van der Waals surface area (Å²) in [6, 6.07) is 0.220. The van der Waals surface area contributed by atoms with Crippen molar-refractivity contribution in [1.29, 1.82) is 0 Å². The number of hydrogen-bond donors (Lipinski definition) is 3. The number of amides is 1. The van der Waals surface area contributed by atoms with Gasteiger partial charge in [0, 0.05) is 12.5 Å². The van der Waals surface area contributed by atoms with Crippen molar-refractivity contribution in [3.63, 3.8) is 0 Å². The Labute approximate surface area is 78.7 Å². The van der Waals surface area contributed by atoms with Crippen LogP contribution in [-0.4, -0.2) is 36.8 Å². The molecule has 1 rings (SSSR count). The fourth-order valence-corrected chi connectivity index (χ4v) is 1.43. The van der Waals surface area contributed by atoms with E-state index in [1.807, 2.05) is 7.05 Å². The van der Waals surface area contributed by atoms with Crippen LogP contribution >= 0.6 is 0 Å². The van der Waals surface area contributed by atoms with Crippen LogP contribution in [0, 0.1) is 0 Å². The molecule has 1 saturated carbocycles. The highest BCUT2D eigenvalue weighted by Crippen LogP contribution is 2.19. The van der Waals surface area contributed by atoms with E-state index in [9.17, 15) is 4.79 Å². The third kappa shape index (κ3) is 3.74. The second-order valence-corrected chi connectivity index (χ2v) is 3.60. The minimum Gasteiger partial charge on any atom is -0.393 e. The molecule has 0 heterocycles. The molecule has 0 radical (unpaired) electrons. The van der Waals surface area contributed by atoms with E-state index in [-0.39, 0.29) is 18.1 Å². The molecule has 76 valence electrons. The Kier molecular flexibility index (Phi) is 4.18. The summed E-state index contributed by atoms with van der Waals surface area (Å²) >= 11 is 0. The van der Waals surface area contributed by atoms with Gasteiger partial charge in [-0.1, -0.05) is 0 Å². The summed E-state index contributed by atoms with van der Waals surface area (Å²) in [7, 11) is 1.88. The van der Waals surface area contributed by atoms with Gasteiger partial charge >= 0.3 is 0 Å². The first-order chi connectivity index (χ1) is 6.22. The Bertz CT molecular complexity index is 167. The number of aliphatic hydroxyl groups excluding tert-OH is 1. The smallest absolute Gasteiger partial charge is 0.220 e. The first-order valence-electron chi connectivity index (χ1n) is 4.84. The average molecular weight is 186 g/mol. The van der Waals surface area contributed by atoms with E-state index in [1.165, 1.54) is 0 Å². The van der Waals surface area contributed by atoms with Crippen molar-refractivity contribution < 1.29 is 9.90 Å². The van der Waals surface area contributed by atoms with Crippen LogP contribution < -0.4 is 10.6 Å². The van der Waals surface area contributed by atoms with Gasteiger partial charge < -0.3 is 15.7 Å². The first-order valence-corrected chi connectivity index (χ1v) is 4.84. The molecule has 0 bridgehead atoms. The minimum atomic E-state index is -0.192. The summed E-state index contributed by atoms with van der Waals surface area (Å²) in [6.07, 6.45) is 2.70. The molecule has 0 spiro atoms. The number of nitrogens with one attached hydrogen (secondary N) is 2. The molecule has 1 aliphatic carbocycles.